The second-order valence-corrected chi connectivity index (χ2v) is 3.73. The van der Waals surface area contributed by atoms with E-state index in [0.29, 0.717) is 0 Å². The highest BCUT2D eigenvalue weighted by Crippen LogP contribution is 2.30. The number of hydrogen-bond donors (Lipinski definition) is 1. The lowest BCUT2D eigenvalue weighted by molar-refractivity contribution is 0.909. The molecule has 0 saturated carbocycles. The van der Waals surface area contributed by atoms with Gasteiger partial charge in [-0.2, -0.15) is 0 Å². The zero-order valence-corrected chi connectivity index (χ0v) is 8.57. The Morgan fingerprint density at radius 2 is 1.85 bits per heavy atom. The van der Waals surface area contributed by atoms with E-state index in [2.05, 4.69) is 24.1 Å². The second-order valence-electron chi connectivity index (χ2n) is 3.73. The van der Waals surface area contributed by atoms with Crippen molar-refractivity contribution in [1.82, 2.24) is 4.98 Å². The van der Waals surface area contributed by atoms with E-state index in [9.17, 15) is 0 Å². The van der Waals surface area contributed by atoms with Crippen molar-refractivity contribution in [3.8, 4) is 0 Å². The molecule has 0 atom stereocenters. The van der Waals surface area contributed by atoms with E-state index in [-0.39, 0.29) is 0 Å². The van der Waals surface area contributed by atoms with Crippen LogP contribution in [-0.2, 0) is 12.8 Å². The van der Waals surface area contributed by atoms with Crippen LogP contribution < -0.4 is 5.32 Å². The van der Waals surface area contributed by atoms with Gasteiger partial charge in [0.2, 0.25) is 0 Å². The third-order valence-electron chi connectivity index (χ3n) is 3.02. The smallest absolute Gasteiger partial charge is 0.129 e. The molecule has 0 spiro atoms. The minimum Gasteiger partial charge on any atom is -0.373 e. The first kappa shape index (κ1) is 8.54. The van der Waals surface area contributed by atoms with Crippen LogP contribution in [0, 0.1) is 13.8 Å². The van der Waals surface area contributed by atoms with Crippen molar-refractivity contribution in [3.63, 3.8) is 0 Å². The van der Waals surface area contributed by atoms with Crippen LogP contribution in [0.1, 0.15) is 28.8 Å². The molecule has 13 heavy (non-hydrogen) atoms. The average Bonchev–Trinajstić information content (AvgIpc) is 2.60. The maximum absolute atomic E-state index is 4.55. The molecule has 0 aliphatic heterocycles. The van der Waals surface area contributed by atoms with Gasteiger partial charge in [0, 0.05) is 12.7 Å². The summed E-state index contributed by atoms with van der Waals surface area (Å²) in [6.45, 7) is 4.28. The molecule has 2 heteroatoms. The predicted molar refractivity (Wildman–Crippen MR) is 55.3 cm³/mol. The number of anilines is 1. The molecule has 1 aliphatic rings. The molecule has 2 nitrogen and oxygen atoms in total. The monoisotopic (exact) mass is 176 g/mol. The van der Waals surface area contributed by atoms with Crippen LogP contribution >= 0.6 is 0 Å². The molecule has 0 bridgehead atoms. The van der Waals surface area contributed by atoms with Gasteiger partial charge in [0.1, 0.15) is 5.82 Å². The van der Waals surface area contributed by atoms with E-state index < -0.39 is 0 Å². The summed E-state index contributed by atoms with van der Waals surface area (Å²) in [6, 6.07) is 0. The van der Waals surface area contributed by atoms with E-state index in [1.165, 1.54) is 41.6 Å². The van der Waals surface area contributed by atoms with E-state index in [1.807, 2.05) is 7.05 Å². The van der Waals surface area contributed by atoms with Crippen LogP contribution in [0.25, 0.3) is 0 Å². The lowest BCUT2D eigenvalue weighted by atomic mass is 10.0. The van der Waals surface area contributed by atoms with Crippen LogP contribution in [0.5, 0.6) is 0 Å². The summed E-state index contributed by atoms with van der Waals surface area (Å²) in [7, 11) is 1.95. The molecule has 0 amide bonds. The molecule has 0 saturated heterocycles. The summed E-state index contributed by atoms with van der Waals surface area (Å²) in [4.78, 5) is 4.55. The number of pyridine rings is 1. The molecule has 0 fully saturated rings. The number of hydrogen-bond acceptors (Lipinski definition) is 2. The first-order valence-electron chi connectivity index (χ1n) is 4.90. The highest BCUT2D eigenvalue weighted by molar-refractivity contribution is 5.54. The van der Waals surface area contributed by atoms with Gasteiger partial charge in [-0.05, 0) is 49.8 Å². The van der Waals surface area contributed by atoms with Gasteiger partial charge in [0.25, 0.3) is 0 Å². The largest absolute Gasteiger partial charge is 0.373 e. The standard InChI is InChI=1S/C11H16N2/c1-7-8(2)13-11(12-3)10-6-4-5-9(7)10/h4-6H2,1-3H3,(H,12,13). The van der Waals surface area contributed by atoms with Gasteiger partial charge in [0.05, 0.1) is 0 Å². The number of rotatable bonds is 1. The lowest BCUT2D eigenvalue weighted by Crippen LogP contribution is -2.03. The van der Waals surface area contributed by atoms with Crippen LogP contribution in [0.3, 0.4) is 0 Å². The zero-order chi connectivity index (χ0) is 9.42. The van der Waals surface area contributed by atoms with E-state index in [1.54, 1.807) is 0 Å². The third kappa shape index (κ3) is 1.21. The van der Waals surface area contributed by atoms with Crippen LogP contribution in [0.2, 0.25) is 0 Å². The van der Waals surface area contributed by atoms with Crippen molar-refractivity contribution in [2.45, 2.75) is 33.1 Å². The van der Waals surface area contributed by atoms with Crippen molar-refractivity contribution in [2.24, 2.45) is 0 Å². The molecule has 0 aromatic carbocycles. The molecule has 0 unspecified atom stereocenters. The molecule has 70 valence electrons. The number of aromatic nitrogens is 1. The first-order chi connectivity index (χ1) is 6.24. The number of fused-ring (bicyclic) bond motifs is 1. The highest BCUT2D eigenvalue weighted by Gasteiger charge is 2.18. The van der Waals surface area contributed by atoms with Crippen molar-refractivity contribution >= 4 is 5.82 Å². The first-order valence-corrected chi connectivity index (χ1v) is 4.90. The fourth-order valence-corrected chi connectivity index (χ4v) is 2.16. The molecule has 1 aromatic rings. The molecule has 1 heterocycles. The van der Waals surface area contributed by atoms with E-state index >= 15 is 0 Å². The Balaban J connectivity index is 2.64. The fourth-order valence-electron chi connectivity index (χ4n) is 2.16. The molecule has 2 rings (SSSR count). The highest BCUT2D eigenvalue weighted by atomic mass is 15.0. The van der Waals surface area contributed by atoms with Crippen LogP contribution in [0.15, 0.2) is 0 Å². The van der Waals surface area contributed by atoms with Gasteiger partial charge in [0.15, 0.2) is 0 Å². The summed E-state index contributed by atoms with van der Waals surface area (Å²) >= 11 is 0. The molecule has 1 N–H and O–H groups in total. The Morgan fingerprint density at radius 1 is 1.15 bits per heavy atom. The lowest BCUT2D eigenvalue weighted by Gasteiger charge is -2.11. The summed E-state index contributed by atoms with van der Waals surface area (Å²) in [5.41, 5.74) is 5.55. The minimum absolute atomic E-state index is 1.09. The maximum atomic E-state index is 4.55. The summed E-state index contributed by atoms with van der Waals surface area (Å²) in [6.07, 6.45) is 3.72. The van der Waals surface area contributed by atoms with E-state index in [4.69, 9.17) is 0 Å². The van der Waals surface area contributed by atoms with Gasteiger partial charge in [-0.15, -0.1) is 0 Å². The predicted octanol–water partition coefficient (Wildman–Crippen LogP) is 2.23. The molecule has 1 aromatic heterocycles. The van der Waals surface area contributed by atoms with Gasteiger partial charge in [-0.1, -0.05) is 0 Å². The summed E-state index contributed by atoms with van der Waals surface area (Å²) in [5, 5.41) is 3.18. The van der Waals surface area contributed by atoms with Crippen LogP contribution in [-0.4, -0.2) is 12.0 Å². The third-order valence-corrected chi connectivity index (χ3v) is 3.02. The zero-order valence-electron chi connectivity index (χ0n) is 8.57. The minimum atomic E-state index is 1.09. The molecule has 1 aliphatic carbocycles. The molecule has 0 radical (unpaired) electrons. The van der Waals surface area contributed by atoms with Gasteiger partial charge in [-0.3, -0.25) is 0 Å². The summed E-state index contributed by atoms with van der Waals surface area (Å²) in [5.74, 6) is 1.09. The Morgan fingerprint density at radius 3 is 2.54 bits per heavy atom. The van der Waals surface area contributed by atoms with Crippen LogP contribution in [0.4, 0.5) is 5.82 Å². The Hall–Kier alpha value is -1.05. The van der Waals surface area contributed by atoms with E-state index in [0.717, 1.165) is 5.82 Å². The Bertz CT molecular complexity index is 342. The van der Waals surface area contributed by atoms with Gasteiger partial charge >= 0.3 is 0 Å². The maximum Gasteiger partial charge on any atom is 0.129 e. The summed E-state index contributed by atoms with van der Waals surface area (Å²) < 4.78 is 0. The van der Waals surface area contributed by atoms with Crippen molar-refractivity contribution in [3.05, 3.63) is 22.4 Å². The van der Waals surface area contributed by atoms with Crippen molar-refractivity contribution < 1.29 is 0 Å². The fraction of sp³-hybridized carbons (Fsp3) is 0.545. The second kappa shape index (κ2) is 3.02. The quantitative estimate of drug-likeness (QED) is 0.709. The average molecular weight is 176 g/mol. The Kier molecular flexibility index (Phi) is 1.98. The normalized spacial score (nSPS) is 14.4. The number of nitrogens with zero attached hydrogens (tertiary/aromatic N) is 1. The SMILES string of the molecule is CNc1nc(C)c(C)c2c1CCC2. The number of nitrogens with one attached hydrogen (secondary N) is 1. The molecular formula is C11H16N2. The number of aryl methyl sites for hydroxylation is 1. The van der Waals surface area contributed by atoms with Crippen molar-refractivity contribution in [2.75, 3.05) is 12.4 Å². The van der Waals surface area contributed by atoms with Gasteiger partial charge < -0.3 is 5.32 Å². The molecular weight excluding hydrogens is 160 g/mol. The Labute approximate surface area is 79.4 Å². The topological polar surface area (TPSA) is 24.9 Å². The van der Waals surface area contributed by atoms with Gasteiger partial charge in [-0.25, -0.2) is 4.98 Å². The van der Waals surface area contributed by atoms with Crippen molar-refractivity contribution in [1.29, 1.82) is 0 Å².